The first-order chi connectivity index (χ1) is 10.7. The molecular weight excluding hydrogens is 294 g/mol. The van der Waals surface area contributed by atoms with Crippen molar-refractivity contribution in [2.75, 3.05) is 5.73 Å². The van der Waals surface area contributed by atoms with Crippen LogP contribution in [0, 0.1) is 0 Å². The lowest BCUT2D eigenvalue weighted by atomic mass is 9.93. The standard InChI is InChI=1S/C19H14ClNO/c20-19-16(21)9-15(11-4-2-1-3-5-11)17-12-6-7-13(10-22)14(8-12)18(17)19/h1-9,22H,10,21H2. The fraction of sp³-hybridized carbons (Fsp3) is 0.0526. The summed E-state index contributed by atoms with van der Waals surface area (Å²) in [7, 11) is 0. The van der Waals surface area contributed by atoms with Crippen molar-refractivity contribution in [1.29, 1.82) is 0 Å². The van der Waals surface area contributed by atoms with Crippen LogP contribution in [0.25, 0.3) is 33.4 Å². The molecule has 3 N–H and O–H groups in total. The zero-order valence-electron chi connectivity index (χ0n) is 11.8. The molecule has 3 aromatic carbocycles. The molecule has 0 aromatic heterocycles. The summed E-state index contributed by atoms with van der Waals surface area (Å²) in [6.45, 7) is -0.0130. The predicted molar refractivity (Wildman–Crippen MR) is 91.7 cm³/mol. The number of hydrogen-bond donors (Lipinski definition) is 2. The molecule has 2 nitrogen and oxygen atoms in total. The van der Waals surface area contributed by atoms with Crippen LogP contribution in [0.2, 0.25) is 5.02 Å². The van der Waals surface area contributed by atoms with Gasteiger partial charge in [0.2, 0.25) is 0 Å². The van der Waals surface area contributed by atoms with Crippen molar-refractivity contribution >= 4 is 17.3 Å². The number of nitrogens with two attached hydrogens (primary N) is 1. The lowest BCUT2D eigenvalue weighted by Crippen LogP contribution is -1.93. The number of anilines is 1. The zero-order chi connectivity index (χ0) is 15.3. The summed E-state index contributed by atoms with van der Waals surface area (Å²) in [5.41, 5.74) is 13.9. The molecule has 0 heterocycles. The van der Waals surface area contributed by atoms with Crippen LogP contribution in [0.3, 0.4) is 0 Å². The van der Waals surface area contributed by atoms with E-state index in [4.69, 9.17) is 17.3 Å². The molecule has 0 radical (unpaired) electrons. The normalized spacial score (nSPS) is 11.5. The summed E-state index contributed by atoms with van der Waals surface area (Å²) in [6, 6.07) is 18.1. The van der Waals surface area contributed by atoms with E-state index in [1.54, 1.807) is 0 Å². The number of fused-ring (bicyclic) bond motifs is 5. The number of hydrogen-bond acceptors (Lipinski definition) is 2. The smallest absolute Gasteiger partial charge is 0.0720 e. The van der Waals surface area contributed by atoms with Gasteiger partial charge in [-0.25, -0.2) is 0 Å². The molecule has 4 rings (SSSR count). The molecule has 22 heavy (non-hydrogen) atoms. The van der Waals surface area contributed by atoms with E-state index in [0.29, 0.717) is 10.7 Å². The summed E-state index contributed by atoms with van der Waals surface area (Å²) in [5, 5.41) is 10.1. The Morgan fingerprint density at radius 2 is 1.64 bits per heavy atom. The molecule has 0 fully saturated rings. The summed E-state index contributed by atoms with van der Waals surface area (Å²) in [4.78, 5) is 0. The van der Waals surface area contributed by atoms with Crippen LogP contribution >= 0.6 is 11.6 Å². The lowest BCUT2D eigenvalue weighted by Gasteiger charge is -2.14. The first-order valence-corrected chi connectivity index (χ1v) is 7.50. The molecule has 2 bridgehead atoms. The fourth-order valence-corrected chi connectivity index (χ4v) is 3.43. The van der Waals surface area contributed by atoms with Crippen molar-refractivity contribution in [3.05, 3.63) is 65.2 Å². The van der Waals surface area contributed by atoms with Crippen molar-refractivity contribution in [3.63, 3.8) is 0 Å². The minimum absolute atomic E-state index is 0.0130. The van der Waals surface area contributed by atoms with E-state index < -0.39 is 0 Å². The van der Waals surface area contributed by atoms with Gasteiger partial charge < -0.3 is 10.8 Å². The number of aliphatic hydroxyl groups excluding tert-OH is 1. The van der Waals surface area contributed by atoms with E-state index in [9.17, 15) is 5.11 Å². The molecule has 0 aliphatic heterocycles. The van der Waals surface area contributed by atoms with Gasteiger partial charge in [-0.05, 0) is 45.5 Å². The average molecular weight is 308 g/mol. The number of nitrogen functional groups attached to an aromatic ring is 1. The Bertz CT molecular complexity index is 888. The highest BCUT2D eigenvalue weighted by Crippen LogP contribution is 2.52. The van der Waals surface area contributed by atoms with Crippen LogP contribution in [0.1, 0.15) is 5.56 Å². The largest absolute Gasteiger partial charge is 0.397 e. The van der Waals surface area contributed by atoms with Crippen LogP contribution in [0.4, 0.5) is 5.69 Å². The minimum Gasteiger partial charge on any atom is -0.397 e. The molecule has 0 amide bonds. The SMILES string of the molecule is Nc1cc(-c2ccccc2)c2c(c1Cl)-c1cc-2ccc1CO. The van der Waals surface area contributed by atoms with Gasteiger partial charge in [0.05, 0.1) is 17.3 Å². The van der Waals surface area contributed by atoms with Gasteiger partial charge in [0.15, 0.2) is 0 Å². The predicted octanol–water partition coefficient (Wildman–Crippen LogP) is 4.73. The second kappa shape index (κ2) is 4.87. The highest BCUT2D eigenvalue weighted by Gasteiger charge is 2.26. The molecular formula is C19H14ClNO. The first kappa shape index (κ1) is 13.4. The van der Waals surface area contributed by atoms with Crippen LogP contribution in [-0.2, 0) is 6.61 Å². The third kappa shape index (κ3) is 1.78. The van der Waals surface area contributed by atoms with Gasteiger partial charge >= 0.3 is 0 Å². The molecule has 1 aliphatic carbocycles. The Morgan fingerprint density at radius 1 is 0.864 bits per heavy atom. The highest BCUT2D eigenvalue weighted by molar-refractivity contribution is 6.37. The third-order valence-electron chi connectivity index (χ3n) is 4.22. The van der Waals surface area contributed by atoms with Gasteiger partial charge in [-0.2, -0.15) is 0 Å². The van der Waals surface area contributed by atoms with Gasteiger partial charge in [-0.3, -0.25) is 0 Å². The first-order valence-electron chi connectivity index (χ1n) is 7.12. The van der Waals surface area contributed by atoms with Gasteiger partial charge in [0.1, 0.15) is 0 Å². The Balaban J connectivity index is 2.09. The van der Waals surface area contributed by atoms with Gasteiger partial charge in [0, 0.05) is 5.56 Å². The summed E-state index contributed by atoms with van der Waals surface area (Å²) < 4.78 is 0. The van der Waals surface area contributed by atoms with E-state index in [1.807, 2.05) is 36.4 Å². The maximum Gasteiger partial charge on any atom is 0.0720 e. The molecule has 3 aromatic rings. The zero-order valence-corrected chi connectivity index (χ0v) is 12.6. The quantitative estimate of drug-likeness (QED) is 0.526. The lowest BCUT2D eigenvalue weighted by molar-refractivity contribution is 0.282. The number of rotatable bonds is 2. The van der Waals surface area contributed by atoms with Crippen LogP contribution in [0.5, 0.6) is 0 Å². The third-order valence-corrected chi connectivity index (χ3v) is 4.62. The van der Waals surface area contributed by atoms with Crippen molar-refractivity contribution in [2.24, 2.45) is 0 Å². The second-order valence-electron chi connectivity index (χ2n) is 5.47. The molecule has 0 spiro atoms. The van der Waals surface area contributed by atoms with Gasteiger partial charge in [-0.15, -0.1) is 0 Å². The topological polar surface area (TPSA) is 46.2 Å². The summed E-state index contributed by atoms with van der Waals surface area (Å²) in [5.74, 6) is 0. The Morgan fingerprint density at radius 3 is 2.36 bits per heavy atom. The van der Waals surface area contributed by atoms with Gasteiger partial charge in [-0.1, -0.05) is 54.1 Å². The van der Waals surface area contributed by atoms with E-state index in [0.717, 1.165) is 38.9 Å². The van der Waals surface area contributed by atoms with Crippen molar-refractivity contribution < 1.29 is 5.11 Å². The van der Waals surface area contributed by atoms with Crippen molar-refractivity contribution in [3.8, 4) is 33.4 Å². The van der Waals surface area contributed by atoms with Crippen molar-refractivity contribution in [2.45, 2.75) is 6.61 Å². The summed E-state index contributed by atoms with van der Waals surface area (Å²) >= 11 is 6.49. The number of halogens is 1. The number of aliphatic hydroxyl groups is 1. The molecule has 108 valence electrons. The van der Waals surface area contributed by atoms with Crippen molar-refractivity contribution in [1.82, 2.24) is 0 Å². The Hall–Kier alpha value is -2.29. The van der Waals surface area contributed by atoms with E-state index >= 15 is 0 Å². The van der Waals surface area contributed by atoms with E-state index in [2.05, 4.69) is 18.2 Å². The van der Waals surface area contributed by atoms with Crippen LogP contribution < -0.4 is 5.73 Å². The van der Waals surface area contributed by atoms with Gasteiger partial charge in [0.25, 0.3) is 0 Å². The van der Waals surface area contributed by atoms with E-state index in [1.165, 1.54) is 0 Å². The van der Waals surface area contributed by atoms with Crippen LogP contribution in [0.15, 0.2) is 54.6 Å². The maximum atomic E-state index is 9.57. The van der Waals surface area contributed by atoms with Crippen LogP contribution in [-0.4, -0.2) is 5.11 Å². The number of benzene rings is 3. The molecule has 0 unspecified atom stereocenters. The average Bonchev–Trinajstić information content (AvgIpc) is 2.86. The second-order valence-corrected chi connectivity index (χ2v) is 5.85. The highest BCUT2D eigenvalue weighted by atomic mass is 35.5. The molecule has 3 heteroatoms. The monoisotopic (exact) mass is 307 g/mol. The molecule has 0 saturated carbocycles. The molecule has 1 aliphatic rings. The maximum absolute atomic E-state index is 9.57. The molecule has 0 atom stereocenters. The van der Waals surface area contributed by atoms with E-state index in [-0.39, 0.29) is 6.61 Å². The Labute approximate surface area is 133 Å². The summed E-state index contributed by atoms with van der Waals surface area (Å²) in [6.07, 6.45) is 0. The minimum atomic E-state index is -0.0130. The fourth-order valence-electron chi connectivity index (χ4n) is 3.18. The molecule has 0 saturated heterocycles. The Kier molecular flexibility index (Phi) is 2.96.